The van der Waals surface area contributed by atoms with Crippen molar-refractivity contribution in [1.29, 1.82) is 0 Å². The average molecular weight is 493 g/mol. The summed E-state index contributed by atoms with van der Waals surface area (Å²) in [6, 6.07) is 6.95. The number of hydrogen-bond acceptors (Lipinski definition) is 8. The van der Waals surface area contributed by atoms with Crippen molar-refractivity contribution in [3.8, 4) is 23.0 Å². The minimum Gasteiger partial charge on any atom is -0.507 e. The van der Waals surface area contributed by atoms with Crippen molar-refractivity contribution in [3.63, 3.8) is 0 Å². The molecule has 36 heavy (non-hydrogen) atoms. The first-order valence-electron chi connectivity index (χ1n) is 12.3. The molecule has 2 aromatic carbocycles. The second kappa shape index (κ2) is 10.0. The van der Waals surface area contributed by atoms with Gasteiger partial charge < -0.3 is 24.1 Å². The number of fused-ring (bicyclic) bond motifs is 3. The molecule has 1 N–H and O–H groups in total. The Bertz CT molecular complexity index is 1240. The van der Waals surface area contributed by atoms with Crippen LogP contribution in [0.5, 0.6) is 23.0 Å². The Kier molecular flexibility index (Phi) is 6.67. The van der Waals surface area contributed by atoms with Crippen LogP contribution in [0.4, 0.5) is 0 Å². The van der Waals surface area contributed by atoms with Crippen molar-refractivity contribution < 1.29 is 38.4 Å². The van der Waals surface area contributed by atoms with Crippen LogP contribution in [-0.4, -0.2) is 35.7 Å². The van der Waals surface area contributed by atoms with Crippen LogP contribution in [-0.2, 0) is 14.3 Å². The fraction of sp³-hybridized carbons (Fsp3) is 0.393. The third-order valence-corrected chi connectivity index (χ3v) is 6.78. The van der Waals surface area contributed by atoms with Crippen LogP contribution in [0.3, 0.4) is 0 Å². The second-order valence-electron chi connectivity index (χ2n) is 9.39. The highest BCUT2D eigenvalue weighted by atomic mass is 16.7. The van der Waals surface area contributed by atoms with Gasteiger partial charge in [0.05, 0.1) is 12.5 Å². The van der Waals surface area contributed by atoms with E-state index in [9.17, 15) is 19.5 Å². The first-order chi connectivity index (χ1) is 17.4. The van der Waals surface area contributed by atoms with Crippen LogP contribution in [0.1, 0.15) is 84.8 Å². The summed E-state index contributed by atoms with van der Waals surface area (Å²) in [5, 5.41) is 11.5. The van der Waals surface area contributed by atoms with Crippen molar-refractivity contribution in [3.05, 3.63) is 52.6 Å². The lowest BCUT2D eigenvalue weighted by Gasteiger charge is -2.27. The number of ether oxygens (including phenoxy) is 4. The molecule has 0 amide bonds. The Morgan fingerprint density at radius 3 is 2.64 bits per heavy atom. The highest BCUT2D eigenvalue weighted by Gasteiger charge is 2.36. The molecule has 0 saturated heterocycles. The number of hydrogen-bond donors (Lipinski definition) is 1. The van der Waals surface area contributed by atoms with Gasteiger partial charge in [-0.2, -0.15) is 0 Å². The highest BCUT2D eigenvalue weighted by Crippen LogP contribution is 2.48. The summed E-state index contributed by atoms with van der Waals surface area (Å²) in [5.41, 5.74) is 1.52. The predicted molar refractivity (Wildman–Crippen MR) is 129 cm³/mol. The minimum absolute atomic E-state index is 0.00565. The van der Waals surface area contributed by atoms with E-state index in [1.807, 2.05) is 12.1 Å². The van der Waals surface area contributed by atoms with Crippen LogP contribution < -0.4 is 14.2 Å². The number of rotatable bonds is 1. The van der Waals surface area contributed by atoms with Gasteiger partial charge in [-0.1, -0.05) is 18.2 Å². The van der Waals surface area contributed by atoms with Gasteiger partial charge >= 0.3 is 11.9 Å². The molecule has 3 heterocycles. The van der Waals surface area contributed by atoms with Gasteiger partial charge in [0, 0.05) is 24.3 Å². The van der Waals surface area contributed by atoms with Crippen molar-refractivity contribution in [2.75, 3.05) is 6.79 Å². The fourth-order valence-corrected chi connectivity index (χ4v) is 4.93. The van der Waals surface area contributed by atoms with Crippen LogP contribution in [0.15, 0.2) is 30.3 Å². The van der Waals surface area contributed by atoms with Crippen LogP contribution in [0.2, 0.25) is 0 Å². The molecule has 3 aliphatic heterocycles. The Morgan fingerprint density at radius 1 is 0.972 bits per heavy atom. The summed E-state index contributed by atoms with van der Waals surface area (Å²) in [5.74, 6) is -0.345. The zero-order valence-electron chi connectivity index (χ0n) is 20.1. The number of cyclic esters (lactones) is 1. The average Bonchev–Trinajstić information content (AvgIpc) is 3.30. The predicted octanol–water partition coefficient (Wildman–Crippen LogP) is 5.04. The van der Waals surface area contributed by atoms with Gasteiger partial charge in [-0.15, -0.1) is 0 Å². The zero-order valence-corrected chi connectivity index (χ0v) is 20.1. The Labute approximate surface area is 208 Å². The van der Waals surface area contributed by atoms with E-state index < -0.39 is 24.0 Å². The molecule has 0 aliphatic carbocycles. The fourth-order valence-electron chi connectivity index (χ4n) is 4.93. The van der Waals surface area contributed by atoms with Crippen LogP contribution in [0.25, 0.3) is 6.08 Å². The number of aromatic hydroxyl groups is 1. The van der Waals surface area contributed by atoms with Crippen molar-refractivity contribution in [2.24, 2.45) is 0 Å². The number of carbonyl (C=O) groups excluding carboxylic acids is 3. The molecule has 0 fully saturated rings. The molecule has 0 saturated carbocycles. The molecule has 1 unspecified atom stereocenters. The van der Waals surface area contributed by atoms with Gasteiger partial charge in [-0.25, -0.2) is 4.79 Å². The van der Waals surface area contributed by atoms with Crippen LogP contribution >= 0.6 is 0 Å². The largest absolute Gasteiger partial charge is 0.507 e. The SMILES string of the molecule is C[C@H]1CCCC(=O)CCC/C=C/c2cc3c(c(O)c2C(=O)O1)C(c1ccc2c(c1)OCO2)CC(=O)O3. The minimum atomic E-state index is -0.660. The normalized spacial score (nSPS) is 23.1. The molecule has 2 atom stereocenters. The molecular weight excluding hydrogens is 464 g/mol. The van der Waals surface area contributed by atoms with Crippen molar-refractivity contribution in [1.82, 2.24) is 0 Å². The maximum absolute atomic E-state index is 13.3. The number of allylic oxidation sites excluding steroid dienone is 1. The van der Waals surface area contributed by atoms with Gasteiger partial charge in [-0.05, 0) is 61.9 Å². The number of esters is 2. The van der Waals surface area contributed by atoms with Gasteiger partial charge in [0.2, 0.25) is 6.79 Å². The van der Waals surface area contributed by atoms with E-state index in [0.717, 1.165) is 5.56 Å². The molecule has 8 nitrogen and oxygen atoms in total. The number of phenols is 1. The van der Waals surface area contributed by atoms with Gasteiger partial charge in [0.15, 0.2) is 11.5 Å². The van der Waals surface area contributed by atoms with Gasteiger partial charge in [0.1, 0.15) is 22.8 Å². The maximum atomic E-state index is 13.3. The topological polar surface area (TPSA) is 108 Å². The number of phenolic OH excluding ortho intramolecular Hbond substituents is 1. The third kappa shape index (κ3) is 4.80. The first-order valence-corrected chi connectivity index (χ1v) is 12.3. The molecule has 0 spiro atoms. The molecule has 5 rings (SSSR count). The van der Waals surface area contributed by atoms with Crippen molar-refractivity contribution in [2.45, 2.75) is 63.9 Å². The lowest BCUT2D eigenvalue weighted by Crippen LogP contribution is -2.23. The third-order valence-electron chi connectivity index (χ3n) is 6.78. The highest BCUT2D eigenvalue weighted by molar-refractivity contribution is 5.98. The molecule has 0 bridgehead atoms. The maximum Gasteiger partial charge on any atom is 0.342 e. The van der Waals surface area contributed by atoms with E-state index in [1.165, 1.54) is 0 Å². The molecule has 0 aromatic heterocycles. The van der Waals surface area contributed by atoms with Crippen LogP contribution in [0, 0.1) is 0 Å². The Morgan fingerprint density at radius 2 is 1.78 bits per heavy atom. The lowest BCUT2D eigenvalue weighted by atomic mass is 9.83. The Hall–Kier alpha value is -3.81. The number of Topliss-reactive ketones (excluding diaryl/α,β-unsaturated/α-hetero) is 1. The number of carbonyl (C=O) groups is 3. The lowest BCUT2D eigenvalue weighted by molar-refractivity contribution is -0.135. The summed E-state index contributed by atoms with van der Waals surface area (Å²) < 4.78 is 22.1. The molecular formula is C28H28O8. The van der Waals surface area contributed by atoms with Crippen molar-refractivity contribution >= 4 is 23.8 Å². The summed E-state index contributed by atoms with van der Waals surface area (Å²) >= 11 is 0. The summed E-state index contributed by atoms with van der Waals surface area (Å²) in [6.45, 7) is 1.89. The number of benzene rings is 2. The number of ketones is 1. The zero-order chi connectivity index (χ0) is 25.2. The monoisotopic (exact) mass is 492 g/mol. The summed E-state index contributed by atoms with van der Waals surface area (Å²) in [4.78, 5) is 37.9. The van der Waals surface area contributed by atoms with E-state index in [0.29, 0.717) is 61.2 Å². The molecule has 2 aromatic rings. The van der Waals surface area contributed by atoms with E-state index in [4.69, 9.17) is 18.9 Å². The molecule has 3 aliphatic rings. The van der Waals surface area contributed by atoms with E-state index in [-0.39, 0.29) is 36.1 Å². The molecule has 8 heteroatoms. The second-order valence-corrected chi connectivity index (χ2v) is 9.39. The van der Waals surface area contributed by atoms with E-state index in [2.05, 4.69) is 0 Å². The van der Waals surface area contributed by atoms with E-state index >= 15 is 0 Å². The smallest absolute Gasteiger partial charge is 0.342 e. The summed E-state index contributed by atoms with van der Waals surface area (Å²) in [6.07, 6.45) is 6.59. The molecule has 188 valence electrons. The van der Waals surface area contributed by atoms with Gasteiger partial charge in [-0.3, -0.25) is 9.59 Å². The summed E-state index contributed by atoms with van der Waals surface area (Å²) in [7, 11) is 0. The Balaban J connectivity index is 1.59. The molecule has 0 radical (unpaired) electrons. The first kappa shape index (κ1) is 23.9. The van der Waals surface area contributed by atoms with Gasteiger partial charge in [0.25, 0.3) is 0 Å². The standard InChI is InChI=1S/C28H28O8/c1-16-6-5-9-19(29)8-4-2-3-7-18-13-23-26(27(31)25(18)28(32)35-16)20(14-24(30)36-23)17-10-11-21-22(12-17)34-15-33-21/h3,7,10-13,16,20,31H,2,4-6,8-9,14-15H2,1H3/b7-3+/t16-,20?/m0/s1. The van der Waals surface area contributed by atoms with E-state index in [1.54, 1.807) is 31.2 Å². The quantitative estimate of drug-likeness (QED) is 0.436.